The van der Waals surface area contributed by atoms with Crippen molar-refractivity contribution in [3.63, 3.8) is 0 Å². The minimum Gasteiger partial charge on any atom is -0.376 e. The molecule has 0 aliphatic carbocycles. The summed E-state index contributed by atoms with van der Waals surface area (Å²) in [6.45, 7) is 0. The molecule has 0 amide bonds. The van der Waals surface area contributed by atoms with E-state index in [1.54, 1.807) is 6.07 Å². The predicted molar refractivity (Wildman–Crippen MR) is 84.9 cm³/mol. The Morgan fingerprint density at radius 2 is 1.95 bits per heavy atom. The first-order valence-corrected chi connectivity index (χ1v) is 7.15. The molecule has 0 atom stereocenters. The molecule has 0 saturated heterocycles. The maximum Gasteiger partial charge on any atom is 0.129 e. The molecule has 0 radical (unpaired) electrons. The molecule has 3 nitrogen and oxygen atoms in total. The van der Waals surface area contributed by atoms with Gasteiger partial charge in [-0.15, -0.1) is 11.6 Å². The van der Waals surface area contributed by atoms with Crippen molar-refractivity contribution in [3.05, 3.63) is 54.1 Å². The number of benzene rings is 2. The molecule has 0 bridgehead atoms. The number of imidazole rings is 1. The van der Waals surface area contributed by atoms with Crippen LogP contribution in [0, 0.1) is 5.82 Å². The van der Waals surface area contributed by atoms with Gasteiger partial charge in [-0.3, -0.25) is 4.57 Å². The predicted octanol–water partition coefficient (Wildman–Crippen LogP) is 3.97. The fourth-order valence-corrected chi connectivity index (χ4v) is 2.67. The summed E-state index contributed by atoms with van der Waals surface area (Å²) in [5.41, 5.74) is 3.49. The topological polar surface area (TPSA) is 21.1 Å². The van der Waals surface area contributed by atoms with Crippen molar-refractivity contribution in [1.82, 2.24) is 9.55 Å². The molecule has 0 aliphatic rings. The van der Waals surface area contributed by atoms with E-state index in [-0.39, 0.29) is 11.7 Å². The maximum atomic E-state index is 13.4. The number of rotatable bonds is 3. The first kappa shape index (κ1) is 13.9. The molecule has 0 N–H and O–H groups in total. The van der Waals surface area contributed by atoms with E-state index in [9.17, 15) is 4.39 Å². The van der Waals surface area contributed by atoms with Gasteiger partial charge < -0.3 is 4.90 Å². The lowest BCUT2D eigenvalue weighted by atomic mass is 10.2. The van der Waals surface area contributed by atoms with Crippen LogP contribution in [0.4, 0.5) is 10.1 Å². The average molecular weight is 304 g/mol. The summed E-state index contributed by atoms with van der Waals surface area (Å²) in [6, 6.07) is 12.6. The van der Waals surface area contributed by atoms with E-state index in [1.165, 1.54) is 12.1 Å². The molecule has 108 valence electrons. The Hall–Kier alpha value is -2.07. The van der Waals surface area contributed by atoms with Gasteiger partial charge in [0.15, 0.2) is 0 Å². The smallest absolute Gasteiger partial charge is 0.129 e. The number of alkyl halides is 1. The molecule has 2 aromatic carbocycles. The van der Waals surface area contributed by atoms with Gasteiger partial charge in [0, 0.05) is 20.2 Å². The van der Waals surface area contributed by atoms with Crippen molar-refractivity contribution >= 4 is 28.3 Å². The summed E-state index contributed by atoms with van der Waals surface area (Å²) in [7, 11) is 3.97. The fourth-order valence-electron chi connectivity index (χ4n) is 2.49. The largest absolute Gasteiger partial charge is 0.376 e. The zero-order chi connectivity index (χ0) is 15.0. The summed E-state index contributed by atoms with van der Waals surface area (Å²) in [6.07, 6.45) is 0. The summed E-state index contributed by atoms with van der Waals surface area (Å²) in [4.78, 5) is 6.47. The molecule has 0 aliphatic heterocycles. The Kier molecular flexibility index (Phi) is 3.55. The highest BCUT2D eigenvalue weighted by Gasteiger charge is 2.15. The number of anilines is 1. The number of para-hydroxylation sites is 2. The molecule has 5 heteroatoms. The molecular weight excluding hydrogens is 289 g/mol. The highest BCUT2D eigenvalue weighted by molar-refractivity contribution is 6.17. The Morgan fingerprint density at radius 3 is 2.67 bits per heavy atom. The van der Waals surface area contributed by atoms with Crippen LogP contribution in [0.5, 0.6) is 0 Å². The van der Waals surface area contributed by atoms with Crippen molar-refractivity contribution < 1.29 is 4.39 Å². The van der Waals surface area contributed by atoms with Crippen molar-refractivity contribution in [2.24, 2.45) is 0 Å². The first-order valence-electron chi connectivity index (χ1n) is 6.61. The van der Waals surface area contributed by atoms with E-state index in [4.69, 9.17) is 11.6 Å². The Labute approximate surface area is 127 Å². The molecule has 21 heavy (non-hydrogen) atoms. The summed E-state index contributed by atoms with van der Waals surface area (Å²) in [5, 5.41) is 0. The lowest BCUT2D eigenvalue weighted by Crippen LogP contribution is -2.13. The van der Waals surface area contributed by atoms with E-state index in [0.29, 0.717) is 11.3 Å². The SMILES string of the molecule is CN(C)c1ccccc1-n1c(CCl)nc2cc(F)ccc21. The van der Waals surface area contributed by atoms with E-state index in [0.717, 1.165) is 16.9 Å². The van der Waals surface area contributed by atoms with Crippen LogP contribution in [0.15, 0.2) is 42.5 Å². The van der Waals surface area contributed by atoms with Gasteiger partial charge in [0.25, 0.3) is 0 Å². The van der Waals surface area contributed by atoms with Crippen molar-refractivity contribution in [3.8, 4) is 5.69 Å². The van der Waals surface area contributed by atoms with Gasteiger partial charge >= 0.3 is 0 Å². The quantitative estimate of drug-likeness (QED) is 0.683. The average Bonchev–Trinajstić information content (AvgIpc) is 2.84. The third-order valence-corrected chi connectivity index (χ3v) is 3.65. The van der Waals surface area contributed by atoms with Crippen LogP contribution in [0.1, 0.15) is 5.82 Å². The second-order valence-corrected chi connectivity index (χ2v) is 5.28. The van der Waals surface area contributed by atoms with Gasteiger partial charge in [0.1, 0.15) is 11.6 Å². The molecule has 0 unspecified atom stereocenters. The minimum absolute atomic E-state index is 0.262. The molecule has 3 aromatic rings. The number of hydrogen-bond acceptors (Lipinski definition) is 2. The number of aromatic nitrogens is 2. The standard InChI is InChI=1S/C16H15ClFN3/c1-20(2)14-5-3-4-6-15(14)21-13-8-7-11(18)9-12(13)19-16(21)10-17/h3-9H,10H2,1-2H3. The van der Waals surface area contributed by atoms with Gasteiger partial charge in [0.05, 0.1) is 28.3 Å². The van der Waals surface area contributed by atoms with Gasteiger partial charge in [-0.2, -0.15) is 0 Å². The van der Waals surface area contributed by atoms with Crippen LogP contribution in [0.2, 0.25) is 0 Å². The third kappa shape index (κ3) is 2.36. The van der Waals surface area contributed by atoms with Crippen molar-refractivity contribution in [1.29, 1.82) is 0 Å². The van der Waals surface area contributed by atoms with Crippen molar-refractivity contribution in [2.75, 3.05) is 19.0 Å². The number of nitrogens with zero attached hydrogens (tertiary/aromatic N) is 3. The van der Waals surface area contributed by atoms with Crippen LogP contribution in [0.3, 0.4) is 0 Å². The van der Waals surface area contributed by atoms with Crippen molar-refractivity contribution in [2.45, 2.75) is 5.88 Å². The molecular formula is C16H15ClFN3. The number of fused-ring (bicyclic) bond motifs is 1. The summed E-state index contributed by atoms with van der Waals surface area (Å²) < 4.78 is 15.4. The lowest BCUT2D eigenvalue weighted by Gasteiger charge is -2.19. The maximum absolute atomic E-state index is 13.4. The summed E-state index contributed by atoms with van der Waals surface area (Å²) in [5.74, 6) is 0.665. The van der Waals surface area contributed by atoms with Gasteiger partial charge in [0.2, 0.25) is 0 Å². The van der Waals surface area contributed by atoms with E-state index in [1.807, 2.05) is 47.8 Å². The molecule has 3 rings (SSSR count). The molecule has 0 spiro atoms. The lowest BCUT2D eigenvalue weighted by molar-refractivity contribution is 0.629. The van der Waals surface area contributed by atoms with Crippen LogP contribution in [-0.2, 0) is 5.88 Å². The molecule has 0 fully saturated rings. The van der Waals surface area contributed by atoms with E-state index >= 15 is 0 Å². The Bertz CT molecular complexity index is 795. The second-order valence-electron chi connectivity index (χ2n) is 5.01. The monoisotopic (exact) mass is 303 g/mol. The molecule has 1 heterocycles. The highest BCUT2D eigenvalue weighted by atomic mass is 35.5. The third-order valence-electron chi connectivity index (χ3n) is 3.41. The Morgan fingerprint density at radius 1 is 1.19 bits per heavy atom. The molecule has 0 saturated carbocycles. The zero-order valence-corrected chi connectivity index (χ0v) is 12.6. The highest BCUT2D eigenvalue weighted by Crippen LogP contribution is 2.29. The van der Waals surface area contributed by atoms with Crippen LogP contribution >= 0.6 is 11.6 Å². The normalized spacial score (nSPS) is 11.0. The molecule has 1 aromatic heterocycles. The van der Waals surface area contributed by atoms with Crippen LogP contribution < -0.4 is 4.90 Å². The van der Waals surface area contributed by atoms with Gasteiger partial charge in [-0.05, 0) is 24.3 Å². The minimum atomic E-state index is -0.297. The fraction of sp³-hybridized carbons (Fsp3) is 0.188. The zero-order valence-electron chi connectivity index (χ0n) is 11.8. The number of hydrogen-bond donors (Lipinski definition) is 0. The van der Waals surface area contributed by atoms with Gasteiger partial charge in [-0.25, -0.2) is 9.37 Å². The summed E-state index contributed by atoms with van der Waals surface area (Å²) >= 11 is 6.03. The number of halogens is 2. The van der Waals surface area contributed by atoms with Gasteiger partial charge in [-0.1, -0.05) is 12.1 Å². The van der Waals surface area contributed by atoms with E-state index < -0.39 is 0 Å². The Balaban J connectivity index is 2.34. The second kappa shape index (κ2) is 5.37. The van der Waals surface area contributed by atoms with E-state index in [2.05, 4.69) is 4.98 Å². The van der Waals surface area contributed by atoms with Crippen LogP contribution in [0.25, 0.3) is 16.7 Å². The first-order chi connectivity index (χ1) is 10.1. The van der Waals surface area contributed by atoms with Crippen LogP contribution in [-0.4, -0.2) is 23.6 Å².